The van der Waals surface area contributed by atoms with Crippen LogP contribution in [-0.2, 0) is 13.9 Å². The van der Waals surface area contributed by atoms with E-state index in [-0.39, 0.29) is 18.5 Å². The van der Waals surface area contributed by atoms with Crippen LogP contribution in [0.15, 0.2) is 0 Å². The molecular formula is C4H10NO3P. The van der Waals surface area contributed by atoms with Gasteiger partial charge in [-0.1, -0.05) is 0 Å². The highest BCUT2D eigenvalue weighted by Crippen LogP contribution is 2.18. The van der Waals surface area contributed by atoms with Gasteiger partial charge in [0.15, 0.2) is 13.8 Å². The van der Waals surface area contributed by atoms with Crippen LogP contribution >= 0.6 is 8.03 Å². The van der Waals surface area contributed by atoms with E-state index in [9.17, 15) is 9.36 Å². The van der Waals surface area contributed by atoms with Gasteiger partial charge in [0.25, 0.3) is 0 Å². The van der Waals surface area contributed by atoms with Gasteiger partial charge in [-0.15, -0.1) is 0 Å². The summed E-state index contributed by atoms with van der Waals surface area (Å²) in [5, 5.41) is 0. The summed E-state index contributed by atoms with van der Waals surface area (Å²) in [5.74, 6) is -0.222. The van der Waals surface area contributed by atoms with E-state index in [1.54, 1.807) is 0 Å². The van der Waals surface area contributed by atoms with Gasteiger partial charge in [-0.3, -0.25) is 9.36 Å². The molecule has 0 bridgehead atoms. The molecular weight excluding hydrogens is 141 g/mol. The Bertz CT molecular complexity index is 111. The molecule has 0 fully saturated rings. The third-order valence-electron chi connectivity index (χ3n) is 0.797. The molecule has 0 saturated heterocycles. The van der Waals surface area contributed by atoms with Crippen LogP contribution in [0.3, 0.4) is 0 Å². The Kier molecular flexibility index (Phi) is 4.58. The Morgan fingerprint density at radius 3 is 2.67 bits per heavy atom. The van der Waals surface area contributed by atoms with E-state index in [4.69, 9.17) is 5.73 Å². The Morgan fingerprint density at radius 1 is 1.78 bits per heavy atom. The molecule has 0 aliphatic carbocycles. The zero-order valence-electron chi connectivity index (χ0n) is 5.22. The fourth-order valence-electron chi connectivity index (χ4n) is 0.305. The van der Waals surface area contributed by atoms with Crippen molar-refractivity contribution < 1.29 is 13.9 Å². The first kappa shape index (κ1) is 8.82. The van der Waals surface area contributed by atoms with E-state index in [1.165, 1.54) is 7.11 Å². The van der Waals surface area contributed by atoms with Crippen molar-refractivity contribution in [2.45, 2.75) is 0 Å². The lowest BCUT2D eigenvalue weighted by molar-refractivity contribution is -0.115. The summed E-state index contributed by atoms with van der Waals surface area (Å²) in [6, 6.07) is 0. The predicted octanol–water partition coefficient (Wildman–Crippen LogP) is -0.365. The van der Waals surface area contributed by atoms with E-state index in [0.717, 1.165) is 0 Å². The number of hydrogen-bond donors (Lipinski definition) is 1. The number of carbonyl (C=O) groups excluding carboxylic acids is 1. The summed E-state index contributed by atoms with van der Waals surface area (Å²) in [4.78, 5) is 10.4. The summed E-state index contributed by atoms with van der Waals surface area (Å²) >= 11 is 0. The van der Waals surface area contributed by atoms with E-state index in [1.807, 2.05) is 0 Å². The lowest BCUT2D eigenvalue weighted by Gasteiger charge is -1.94. The van der Waals surface area contributed by atoms with Gasteiger partial charge in [-0.05, 0) is 0 Å². The van der Waals surface area contributed by atoms with Crippen LogP contribution in [0, 0.1) is 0 Å². The maximum atomic E-state index is 10.5. The zero-order chi connectivity index (χ0) is 7.28. The van der Waals surface area contributed by atoms with E-state index in [0.29, 0.717) is 0 Å². The lowest BCUT2D eigenvalue weighted by atomic mass is 10.5. The maximum Gasteiger partial charge on any atom is 0.198 e. The van der Waals surface area contributed by atoms with E-state index >= 15 is 0 Å². The first-order valence-electron chi connectivity index (χ1n) is 2.49. The number of Topliss-reactive ketones (excluding diaryl/α,β-unsaturated/α-hetero) is 1. The van der Waals surface area contributed by atoms with Gasteiger partial charge in [0, 0.05) is 7.11 Å². The summed E-state index contributed by atoms with van der Waals surface area (Å²) < 4.78 is 14.9. The van der Waals surface area contributed by atoms with Gasteiger partial charge in [0.2, 0.25) is 0 Å². The molecule has 0 aliphatic heterocycles. The largest absolute Gasteiger partial charge is 0.334 e. The van der Waals surface area contributed by atoms with Crippen molar-refractivity contribution in [2.75, 3.05) is 19.8 Å². The molecule has 0 heterocycles. The Balaban J connectivity index is 3.47. The second kappa shape index (κ2) is 4.68. The third kappa shape index (κ3) is 4.33. The summed E-state index contributed by atoms with van der Waals surface area (Å²) in [5.41, 5.74) is 4.95. The molecule has 4 nitrogen and oxygen atoms in total. The molecule has 0 amide bonds. The lowest BCUT2D eigenvalue weighted by Crippen LogP contribution is -2.15. The van der Waals surface area contributed by atoms with Gasteiger partial charge in [-0.2, -0.15) is 0 Å². The zero-order valence-corrected chi connectivity index (χ0v) is 6.22. The van der Waals surface area contributed by atoms with Crippen LogP contribution < -0.4 is 5.73 Å². The minimum absolute atomic E-state index is 0.0301. The molecule has 0 aromatic rings. The molecule has 0 saturated carbocycles. The first-order valence-corrected chi connectivity index (χ1v) is 4.01. The first-order chi connectivity index (χ1) is 4.20. The third-order valence-corrected chi connectivity index (χ3v) is 1.94. The summed E-state index contributed by atoms with van der Waals surface area (Å²) in [6.07, 6.45) is -0.0301. The van der Waals surface area contributed by atoms with Crippen molar-refractivity contribution in [1.82, 2.24) is 0 Å². The molecule has 0 rings (SSSR count). The molecule has 5 heteroatoms. The molecule has 0 aliphatic rings. The topological polar surface area (TPSA) is 69.4 Å². The van der Waals surface area contributed by atoms with E-state index in [2.05, 4.69) is 4.52 Å². The van der Waals surface area contributed by atoms with Crippen molar-refractivity contribution in [3.63, 3.8) is 0 Å². The number of ketones is 1. The molecule has 1 unspecified atom stereocenters. The number of hydrogen-bond acceptors (Lipinski definition) is 4. The molecule has 0 aromatic heterocycles. The minimum atomic E-state index is -2.12. The highest BCUT2D eigenvalue weighted by atomic mass is 31.1. The monoisotopic (exact) mass is 151 g/mol. The van der Waals surface area contributed by atoms with Crippen LogP contribution in [-0.4, -0.2) is 25.6 Å². The van der Waals surface area contributed by atoms with Crippen LogP contribution in [0.1, 0.15) is 0 Å². The van der Waals surface area contributed by atoms with Gasteiger partial charge in [0.1, 0.15) is 0 Å². The number of rotatable bonds is 4. The quantitative estimate of drug-likeness (QED) is 0.557. The minimum Gasteiger partial charge on any atom is -0.334 e. The fraction of sp³-hybridized carbons (Fsp3) is 0.750. The number of carbonyl (C=O) groups is 1. The Morgan fingerprint density at radius 2 is 2.33 bits per heavy atom. The molecule has 9 heavy (non-hydrogen) atoms. The highest BCUT2D eigenvalue weighted by Gasteiger charge is 2.02. The standard InChI is InChI=1S/C4H10NO3P/c1-8-9(7)3-4(6)2-5/h9H,2-3,5H2,1H3. The molecule has 0 spiro atoms. The second-order valence-corrected chi connectivity index (χ2v) is 3.00. The van der Waals surface area contributed by atoms with Gasteiger partial charge >= 0.3 is 0 Å². The van der Waals surface area contributed by atoms with Gasteiger partial charge < -0.3 is 10.3 Å². The summed E-state index contributed by atoms with van der Waals surface area (Å²) in [7, 11) is -0.809. The Labute approximate surface area is 54.2 Å². The molecule has 1 atom stereocenters. The molecule has 0 aromatic carbocycles. The highest BCUT2D eigenvalue weighted by molar-refractivity contribution is 7.40. The van der Waals surface area contributed by atoms with Crippen molar-refractivity contribution in [3.05, 3.63) is 0 Å². The van der Waals surface area contributed by atoms with Crippen LogP contribution in [0.25, 0.3) is 0 Å². The second-order valence-electron chi connectivity index (χ2n) is 1.50. The number of nitrogens with two attached hydrogens (primary N) is 1. The van der Waals surface area contributed by atoms with Gasteiger partial charge in [-0.25, -0.2) is 0 Å². The van der Waals surface area contributed by atoms with Crippen molar-refractivity contribution >= 4 is 13.8 Å². The van der Waals surface area contributed by atoms with Gasteiger partial charge in [0.05, 0.1) is 12.7 Å². The normalized spacial score (nSPS) is 13.1. The average Bonchev–Trinajstić information content (AvgIpc) is 1.87. The molecule has 54 valence electrons. The molecule has 0 radical (unpaired) electrons. The summed E-state index contributed by atoms with van der Waals surface area (Å²) in [6.45, 7) is -0.0558. The fourth-order valence-corrected chi connectivity index (χ4v) is 0.916. The SMILES string of the molecule is CO[PH](=O)CC(=O)CN. The van der Waals surface area contributed by atoms with Crippen molar-refractivity contribution in [2.24, 2.45) is 5.73 Å². The van der Waals surface area contributed by atoms with Crippen molar-refractivity contribution in [3.8, 4) is 0 Å². The smallest absolute Gasteiger partial charge is 0.198 e. The average molecular weight is 151 g/mol. The van der Waals surface area contributed by atoms with E-state index < -0.39 is 8.03 Å². The van der Waals surface area contributed by atoms with Crippen LogP contribution in [0.4, 0.5) is 0 Å². The Hall–Kier alpha value is -0.180. The van der Waals surface area contributed by atoms with Crippen LogP contribution in [0.5, 0.6) is 0 Å². The maximum absolute atomic E-state index is 10.5. The van der Waals surface area contributed by atoms with Crippen LogP contribution in [0.2, 0.25) is 0 Å². The van der Waals surface area contributed by atoms with Crippen molar-refractivity contribution in [1.29, 1.82) is 0 Å². The molecule has 2 N–H and O–H groups in total. The predicted molar refractivity (Wildman–Crippen MR) is 34.9 cm³/mol.